The molecule has 0 spiro atoms. The van der Waals surface area contributed by atoms with Gasteiger partial charge in [-0.2, -0.15) is 0 Å². The molecule has 0 aromatic heterocycles. The Balaban J connectivity index is 1.96. The molecule has 7 nitrogen and oxygen atoms in total. The molecule has 3 amide bonds. The van der Waals surface area contributed by atoms with E-state index in [1.54, 1.807) is 21.6 Å². The van der Waals surface area contributed by atoms with Crippen molar-refractivity contribution >= 4 is 29.7 Å². The molecular weight excluding hydrogens is 318 g/mol. The van der Waals surface area contributed by atoms with Crippen molar-refractivity contribution in [3.05, 3.63) is 0 Å². The summed E-state index contributed by atoms with van der Waals surface area (Å²) in [6.45, 7) is 9.10. The number of carbonyl (C=O) groups excluding carboxylic acids is 3. The Hall–Kier alpha value is -1.44. The molecular formula is C15H25N3O4S. The van der Waals surface area contributed by atoms with E-state index in [1.165, 1.54) is 11.8 Å². The smallest absolute Gasteiger partial charge is 0.411 e. The van der Waals surface area contributed by atoms with Crippen molar-refractivity contribution in [2.24, 2.45) is 0 Å². The minimum Gasteiger partial charge on any atom is -0.444 e. The van der Waals surface area contributed by atoms with Crippen LogP contribution in [-0.2, 0) is 14.3 Å². The highest BCUT2D eigenvalue weighted by molar-refractivity contribution is 7.99. The maximum Gasteiger partial charge on any atom is 0.411 e. The minimum absolute atomic E-state index is 0.0314. The first-order chi connectivity index (χ1) is 10.7. The molecule has 0 bridgehead atoms. The molecule has 1 atom stereocenters. The second kappa shape index (κ2) is 6.98. The summed E-state index contributed by atoms with van der Waals surface area (Å²) in [4.78, 5) is 41.3. The number of carbonyl (C=O) groups is 3. The maximum absolute atomic E-state index is 12.7. The summed E-state index contributed by atoms with van der Waals surface area (Å²) >= 11 is 1.56. The van der Waals surface area contributed by atoms with Crippen molar-refractivity contribution in [2.45, 2.75) is 39.3 Å². The van der Waals surface area contributed by atoms with Gasteiger partial charge in [0, 0.05) is 38.9 Å². The van der Waals surface area contributed by atoms with E-state index >= 15 is 0 Å². The van der Waals surface area contributed by atoms with Gasteiger partial charge >= 0.3 is 6.09 Å². The molecule has 23 heavy (non-hydrogen) atoms. The van der Waals surface area contributed by atoms with Gasteiger partial charge in [0.05, 0.1) is 5.88 Å². The molecule has 0 N–H and O–H groups in total. The third kappa shape index (κ3) is 4.53. The zero-order chi connectivity index (χ0) is 17.2. The molecule has 2 aliphatic heterocycles. The van der Waals surface area contributed by atoms with Gasteiger partial charge in [0.1, 0.15) is 11.6 Å². The third-order valence-corrected chi connectivity index (χ3v) is 4.84. The monoisotopic (exact) mass is 343 g/mol. The van der Waals surface area contributed by atoms with Gasteiger partial charge in [-0.1, -0.05) is 0 Å². The number of ether oxygens (including phenoxy) is 1. The van der Waals surface area contributed by atoms with E-state index in [0.717, 1.165) is 0 Å². The molecule has 8 heteroatoms. The molecule has 2 saturated heterocycles. The Morgan fingerprint density at radius 1 is 1.04 bits per heavy atom. The number of piperazine rings is 1. The van der Waals surface area contributed by atoms with Gasteiger partial charge in [0.15, 0.2) is 0 Å². The lowest BCUT2D eigenvalue weighted by atomic mass is 10.2. The van der Waals surface area contributed by atoms with Gasteiger partial charge in [-0.25, -0.2) is 4.79 Å². The average Bonchev–Trinajstić information content (AvgIpc) is 2.94. The third-order valence-electron chi connectivity index (χ3n) is 3.83. The Morgan fingerprint density at radius 3 is 2.13 bits per heavy atom. The number of rotatable bonds is 1. The van der Waals surface area contributed by atoms with E-state index in [2.05, 4.69) is 0 Å². The van der Waals surface area contributed by atoms with Crippen molar-refractivity contribution in [1.29, 1.82) is 0 Å². The van der Waals surface area contributed by atoms with Crippen LogP contribution in [0.1, 0.15) is 27.7 Å². The molecule has 2 rings (SSSR count). The SMILES string of the molecule is CC(=O)N1CCN(C(=O)[C@@H]2CSCN2C(=O)OC(C)(C)C)CC1. The molecule has 0 radical (unpaired) electrons. The largest absolute Gasteiger partial charge is 0.444 e. The maximum atomic E-state index is 12.7. The summed E-state index contributed by atoms with van der Waals surface area (Å²) in [5.74, 6) is 1.04. The second-order valence-corrected chi connectivity index (χ2v) is 7.80. The number of hydrogen-bond donors (Lipinski definition) is 0. The van der Waals surface area contributed by atoms with E-state index in [9.17, 15) is 14.4 Å². The fourth-order valence-electron chi connectivity index (χ4n) is 2.60. The quantitative estimate of drug-likeness (QED) is 0.710. The van der Waals surface area contributed by atoms with Crippen LogP contribution in [0.4, 0.5) is 4.79 Å². The predicted octanol–water partition coefficient (Wildman–Crippen LogP) is 0.987. The van der Waals surface area contributed by atoms with Crippen LogP contribution in [0.15, 0.2) is 0 Å². The van der Waals surface area contributed by atoms with Gasteiger partial charge in [0.2, 0.25) is 11.8 Å². The average molecular weight is 343 g/mol. The fraction of sp³-hybridized carbons (Fsp3) is 0.800. The lowest BCUT2D eigenvalue weighted by molar-refractivity contribution is -0.141. The van der Waals surface area contributed by atoms with Crippen LogP contribution in [0.5, 0.6) is 0 Å². The summed E-state index contributed by atoms with van der Waals surface area (Å²) in [6, 6.07) is -0.473. The molecule has 0 unspecified atom stereocenters. The Labute approximate surface area is 141 Å². The van der Waals surface area contributed by atoms with Crippen LogP contribution in [-0.4, -0.2) is 82.1 Å². The van der Waals surface area contributed by atoms with Gasteiger partial charge in [-0.3, -0.25) is 14.5 Å². The highest BCUT2D eigenvalue weighted by Crippen LogP contribution is 2.25. The highest BCUT2D eigenvalue weighted by Gasteiger charge is 2.39. The van der Waals surface area contributed by atoms with E-state index in [1.807, 2.05) is 20.8 Å². The van der Waals surface area contributed by atoms with E-state index < -0.39 is 17.7 Å². The summed E-state index contributed by atoms with van der Waals surface area (Å²) in [5.41, 5.74) is -0.578. The summed E-state index contributed by atoms with van der Waals surface area (Å²) in [7, 11) is 0. The van der Waals surface area contributed by atoms with E-state index in [4.69, 9.17) is 4.74 Å². The minimum atomic E-state index is -0.578. The van der Waals surface area contributed by atoms with Crippen molar-refractivity contribution < 1.29 is 19.1 Å². The molecule has 2 heterocycles. The molecule has 0 aromatic carbocycles. The van der Waals surface area contributed by atoms with Crippen molar-refractivity contribution in [2.75, 3.05) is 37.8 Å². The van der Waals surface area contributed by atoms with Crippen LogP contribution in [0.3, 0.4) is 0 Å². The van der Waals surface area contributed by atoms with Gasteiger partial charge < -0.3 is 14.5 Å². The summed E-state index contributed by atoms with van der Waals surface area (Å²) in [5, 5.41) is 0. The Kier molecular flexibility index (Phi) is 5.44. The second-order valence-electron chi connectivity index (χ2n) is 6.80. The fourth-order valence-corrected chi connectivity index (χ4v) is 3.73. The van der Waals surface area contributed by atoms with Crippen molar-refractivity contribution in [1.82, 2.24) is 14.7 Å². The lowest BCUT2D eigenvalue weighted by Gasteiger charge is -2.36. The zero-order valence-corrected chi connectivity index (χ0v) is 15.0. The first kappa shape index (κ1) is 17.9. The van der Waals surface area contributed by atoms with Crippen LogP contribution in [0, 0.1) is 0 Å². The first-order valence-corrected chi connectivity index (χ1v) is 8.96. The molecule has 2 aliphatic rings. The number of amides is 3. The Morgan fingerprint density at radius 2 is 1.61 bits per heavy atom. The topological polar surface area (TPSA) is 70.2 Å². The first-order valence-electron chi connectivity index (χ1n) is 7.81. The summed E-state index contributed by atoms with van der Waals surface area (Å²) in [6.07, 6.45) is -0.441. The van der Waals surface area contributed by atoms with Crippen molar-refractivity contribution in [3.8, 4) is 0 Å². The number of hydrogen-bond acceptors (Lipinski definition) is 5. The highest BCUT2D eigenvalue weighted by atomic mass is 32.2. The van der Waals surface area contributed by atoms with Gasteiger partial charge in [-0.15, -0.1) is 11.8 Å². The van der Waals surface area contributed by atoms with Crippen LogP contribution >= 0.6 is 11.8 Å². The van der Waals surface area contributed by atoms with Crippen LogP contribution < -0.4 is 0 Å². The molecule has 130 valence electrons. The molecule has 0 aromatic rings. The van der Waals surface area contributed by atoms with E-state index in [0.29, 0.717) is 37.8 Å². The van der Waals surface area contributed by atoms with Crippen LogP contribution in [0.25, 0.3) is 0 Å². The molecule has 0 aliphatic carbocycles. The van der Waals surface area contributed by atoms with Crippen molar-refractivity contribution in [3.63, 3.8) is 0 Å². The molecule has 0 saturated carbocycles. The Bertz CT molecular complexity index is 484. The van der Waals surface area contributed by atoms with Gasteiger partial charge in [-0.05, 0) is 20.8 Å². The van der Waals surface area contributed by atoms with E-state index in [-0.39, 0.29) is 11.8 Å². The van der Waals surface area contributed by atoms with Gasteiger partial charge in [0.25, 0.3) is 0 Å². The predicted molar refractivity (Wildman–Crippen MR) is 88.0 cm³/mol. The summed E-state index contributed by atoms with van der Waals surface area (Å²) < 4.78 is 5.39. The molecule has 2 fully saturated rings. The normalized spacial score (nSPS) is 22.3. The number of nitrogens with zero attached hydrogens (tertiary/aromatic N) is 3. The standard InChI is InChI=1S/C15H25N3O4S/c1-11(19)16-5-7-17(8-6-16)13(20)12-9-23-10-18(12)14(21)22-15(2,3)4/h12H,5-10H2,1-4H3/t12-/m0/s1. The number of thioether (sulfide) groups is 1. The lowest BCUT2D eigenvalue weighted by Crippen LogP contribution is -2.56. The zero-order valence-electron chi connectivity index (χ0n) is 14.2. The van der Waals surface area contributed by atoms with Crippen LogP contribution in [0.2, 0.25) is 0 Å².